The Labute approximate surface area is 109 Å². The molecule has 2 N–H and O–H groups in total. The first-order valence-corrected chi connectivity index (χ1v) is 5.70. The molecule has 100 valence electrons. The number of nitro groups is 1. The molecule has 0 aliphatic heterocycles. The predicted molar refractivity (Wildman–Crippen MR) is 68.0 cm³/mol. The molecule has 0 radical (unpaired) electrons. The monoisotopic (exact) mass is 263 g/mol. The Morgan fingerprint density at radius 3 is 3.00 bits per heavy atom. The zero-order valence-corrected chi connectivity index (χ0v) is 10.3. The molecule has 1 heterocycles. The maximum atomic E-state index is 11.1. The second-order valence-corrected chi connectivity index (χ2v) is 3.63. The normalized spacial score (nSPS) is 10.2. The number of rotatable bonds is 6. The average Bonchev–Trinajstić information content (AvgIpc) is 2.89. The lowest BCUT2D eigenvalue weighted by atomic mass is 10.2. The van der Waals surface area contributed by atoms with Crippen LogP contribution in [0.5, 0.6) is 5.75 Å². The maximum Gasteiger partial charge on any atom is 0.333 e. The number of nitro benzene ring substituents is 1. The average molecular weight is 263 g/mol. The van der Waals surface area contributed by atoms with E-state index in [1.807, 2.05) is 0 Å². The number of nitrogens with zero attached hydrogens (tertiary/aromatic N) is 3. The van der Waals surface area contributed by atoms with Gasteiger partial charge in [-0.05, 0) is 19.1 Å². The highest BCUT2D eigenvalue weighted by Gasteiger charge is 2.20. The number of nitrogens with one attached hydrogen (secondary N) is 2. The van der Waals surface area contributed by atoms with Crippen LogP contribution in [-0.4, -0.2) is 26.7 Å². The Bertz CT molecular complexity index is 555. The number of H-pyrrole nitrogens is 1. The number of aromatic nitrogens is 3. The van der Waals surface area contributed by atoms with Crippen LogP contribution in [-0.2, 0) is 6.54 Å². The first-order chi connectivity index (χ1) is 9.22. The summed E-state index contributed by atoms with van der Waals surface area (Å²) in [7, 11) is 0. The van der Waals surface area contributed by atoms with E-state index in [9.17, 15) is 10.1 Å². The fourth-order valence-electron chi connectivity index (χ4n) is 1.62. The molecule has 0 bridgehead atoms. The van der Waals surface area contributed by atoms with Gasteiger partial charge in [-0.15, -0.1) is 0 Å². The Hall–Kier alpha value is -2.64. The number of benzene rings is 1. The van der Waals surface area contributed by atoms with Crippen molar-refractivity contribution in [1.82, 2.24) is 15.2 Å². The van der Waals surface area contributed by atoms with E-state index in [0.717, 1.165) is 0 Å². The molecule has 0 aliphatic rings. The van der Waals surface area contributed by atoms with Crippen LogP contribution in [0.2, 0.25) is 0 Å². The summed E-state index contributed by atoms with van der Waals surface area (Å²) in [5.74, 6) is 0.839. The second kappa shape index (κ2) is 5.80. The van der Waals surface area contributed by atoms with Gasteiger partial charge in [0.05, 0.1) is 18.1 Å². The molecule has 1 aromatic heterocycles. The predicted octanol–water partition coefficient (Wildman–Crippen LogP) is 1.72. The molecule has 1 aromatic carbocycles. The van der Waals surface area contributed by atoms with Crippen LogP contribution in [0.4, 0.5) is 11.4 Å². The van der Waals surface area contributed by atoms with Gasteiger partial charge in [0.15, 0.2) is 5.75 Å². The topological polar surface area (TPSA) is 106 Å². The lowest BCUT2D eigenvalue weighted by molar-refractivity contribution is -0.384. The van der Waals surface area contributed by atoms with Crippen molar-refractivity contribution in [2.24, 2.45) is 0 Å². The van der Waals surface area contributed by atoms with Gasteiger partial charge in [-0.25, -0.2) is 4.98 Å². The summed E-state index contributed by atoms with van der Waals surface area (Å²) in [6.07, 6.45) is 1.38. The first-order valence-electron chi connectivity index (χ1n) is 5.70. The fraction of sp³-hybridized carbons (Fsp3) is 0.273. The second-order valence-electron chi connectivity index (χ2n) is 3.63. The highest BCUT2D eigenvalue weighted by molar-refractivity contribution is 5.68. The molecule has 0 saturated carbocycles. The minimum Gasteiger partial charge on any atom is -0.487 e. The SMILES string of the molecule is CCOc1cccc(NCc2ncn[nH]2)c1[N+](=O)[O-]. The van der Waals surface area contributed by atoms with Crippen molar-refractivity contribution in [3.63, 3.8) is 0 Å². The zero-order chi connectivity index (χ0) is 13.7. The van der Waals surface area contributed by atoms with Gasteiger partial charge in [0.25, 0.3) is 0 Å². The largest absolute Gasteiger partial charge is 0.487 e. The number of hydrogen-bond acceptors (Lipinski definition) is 6. The van der Waals surface area contributed by atoms with Gasteiger partial charge in [0, 0.05) is 0 Å². The van der Waals surface area contributed by atoms with E-state index in [1.54, 1.807) is 25.1 Å². The minimum absolute atomic E-state index is 0.0798. The minimum atomic E-state index is -0.465. The summed E-state index contributed by atoms with van der Waals surface area (Å²) >= 11 is 0. The molecule has 8 heteroatoms. The Morgan fingerprint density at radius 1 is 1.53 bits per heavy atom. The number of ether oxygens (including phenoxy) is 1. The number of hydrogen-bond donors (Lipinski definition) is 2. The molecular formula is C11H13N5O3. The third-order valence-corrected chi connectivity index (χ3v) is 2.39. The molecule has 8 nitrogen and oxygen atoms in total. The van der Waals surface area contributed by atoms with Crippen molar-refractivity contribution in [3.05, 3.63) is 40.5 Å². The smallest absolute Gasteiger partial charge is 0.333 e. The van der Waals surface area contributed by atoms with Crippen LogP contribution in [0, 0.1) is 10.1 Å². The van der Waals surface area contributed by atoms with Gasteiger partial charge in [-0.2, -0.15) is 5.10 Å². The van der Waals surface area contributed by atoms with Gasteiger partial charge < -0.3 is 10.1 Å². The van der Waals surface area contributed by atoms with Gasteiger partial charge in [0.2, 0.25) is 0 Å². The van der Waals surface area contributed by atoms with E-state index >= 15 is 0 Å². The standard InChI is InChI=1S/C11H13N5O3/c1-2-19-9-5-3-4-8(11(9)16(17)18)12-6-10-13-7-14-15-10/h3-5,7,12H,2,6H2,1H3,(H,13,14,15). The molecule has 0 saturated heterocycles. The van der Waals surface area contributed by atoms with E-state index in [2.05, 4.69) is 20.5 Å². The Balaban J connectivity index is 2.23. The number of anilines is 1. The number of aromatic amines is 1. The van der Waals surface area contributed by atoms with Crippen molar-refractivity contribution >= 4 is 11.4 Å². The summed E-state index contributed by atoms with van der Waals surface area (Å²) < 4.78 is 5.26. The van der Waals surface area contributed by atoms with Crippen LogP contribution in [0.3, 0.4) is 0 Å². The highest BCUT2D eigenvalue weighted by atomic mass is 16.6. The van der Waals surface area contributed by atoms with Crippen LogP contribution in [0.15, 0.2) is 24.5 Å². The first kappa shape index (κ1) is 12.8. The van der Waals surface area contributed by atoms with Crippen molar-refractivity contribution in [3.8, 4) is 5.75 Å². The molecule has 2 rings (SSSR count). The summed E-state index contributed by atoms with van der Waals surface area (Å²) in [6, 6.07) is 4.89. The van der Waals surface area contributed by atoms with Crippen LogP contribution in [0.25, 0.3) is 0 Å². The van der Waals surface area contributed by atoms with Crippen molar-refractivity contribution in [1.29, 1.82) is 0 Å². The summed E-state index contributed by atoms with van der Waals surface area (Å²) in [5, 5.41) is 20.4. The molecule has 0 amide bonds. The fourth-order valence-corrected chi connectivity index (χ4v) is 1.62. The van der Waals surface area contributed by atoms with E-state index in [-0.39, 0.29) is 11.4 Å². The van der Waals surface area contributed by atoms with Crippen LogP contribution in [0.1, 0.15) is 12.7 Å². The van der Waals surface area contributed by atoms with Crippen molar-refractivity contribution in [2.75, 3.05) is 11.9 Å². The molecule has 0 atom stereocenters. The number of para-hydroxylation sites is 1. The molecule has 2 aromatic rings. The molecule has 0 spiro atoms. The lowest BCUT2D eigenvalue weighted by Gasteiger charge is -2.09. The van der Waals surface area contributed by atoms with Crippen LogP contribution < -0.4 is 10.1 Å². The van der Waals surface area contributed by atoms with Crippen LogP contribution >= 0.6 is 0 Å². The quantitative estimate of drug-likeness (QED) is 0.607. The van der Waals surface area contributed by atoms with Crippen molar-refractivity contribution < 1.29 is 9.66 Å². The zero-order valence-electron chi connectivity index (χ0n) is 10.3. The van der Waals surface area contributed by atoms with E-state index < -0.39 is 4.92 Å². The molecule has 19 heavy (non-hydrogen) atoms. The maximum absolute atomic E-state index is 11.1. The Morgan fingerprint density at radius 2 is 2.37 bits per heavy atom. The summed E-state index contributed by atoms with van der Waals surface area (Å²) in [6.45, 7) is 2.46. The van der Waals surface area contributed by atoms with E-state index in [1.165, 1.54) is 6.33 Å². The lowest BCUT2D eigenvalue weighted by Crippen LogP contribution is -2.05. The van der Waals surface area contributed by atoms with Crippen molar-refractivity contribution in [2.45, 2.75) is 13.5 Å². The van der Waals surface area contributed by atoms with E-state index in [4.69, 9.17) is 4.74 Å². The van der Waals surface area contributed by atoms with Gasteiger partial charge >= 0.3 is 5.69 Å². The third-order valence-electron chi connectivity index (χ3n) is 2.39. The van der Waals surface area contributed by atoms with Gasteiger partial charge in [-0.1, -0.05) is 6.07 Å². The van der Waals surface area contributed by atoms with Gasteiger partial charge in [0.1, 0.15) is 17.8 Å². The Kier molecular flexibility index (Phi) is 3.91. The third kappa shape index (κ3) is 2.97. The molecular weight excluding hydrogens is 250 g/mol. The summed E-state index contributed by atoms with van der Waals surface area (Å²) in [4.78, 5) is 14.6. The summed E-state index contributed by atoms with van der Waals surface area (Å²) in [5.41, 5.74) is 0.302. The highest BCUT2D eigenvalue weighted by Crippen LogP contribution is 2.34. The molecule has 0 unspecified atom stereocenters. The van der Waals surface area contributed by atoms with Gasteiger partial charge in [-0.3, -0.25) is 15.2 Å². The molecule has 0 fully saturated rings. The molecule has 0 aliphatic carbocycles. The van der Waals surface area contributed by atoms with E-state index in [0.29, 0.717) is 24.7 Å².